The van der Waals surface area contributed by atoms with E-state index in [1.54, 1.807) is 24.3 Å². The van der Waals surface area contributed by atoms with Crippen LogP contribution in [0.25, 0.3) is 0 Å². The van der Waals surface area contributed by atoms with Crippen LogP contribution in [0.3, 0.4) is 0 Å². The van der Waals surface area contributed by atoms with Gasteiger partial charge in [0.05, 0.1) is 6.54 Å². The fraction of sp³-hybridized carbons (Fsp3) is 0.625. The van der Waals surface area contributed by atoms with Crippen molar-refractivity contribution in [3.05, 3.63) is 29.8 Å². The Hall–Kier alpha value is -2.37. The maximum atomic E-state index is 12.6. The van der Waals surface area contributed by atoms with Crippen molar-refractivity contribution in [3.8, 4) is 0 Å². The molecule has 3 N–H and O–H groups in total. The molecule has 5 aliphatic carbocycles. The first kappa shape index (κ1) is 19.6. The average molecular weight is 410 g/mol. The van der Waals surface area contributed by atoms with Crippen molar-refractivity contribution in [3.63, 3.8) is 0 Å². The number of amides is 3. The number of anilines is 1. The van der Waals surface area contributed by atoms with E-state index in [4.69, 9.17) is 0 Å². The smallest absolute Gasteiger partial charge is 0.251 e. The molecule has 6 nitrogen and oxygen atoms in total. The number of rotatable bonds is 7. The molecule has 0 atom stereocenters. The minimum atomic E-state index is -0.270. The third-order valence-electron chi connectivity index (χ3n) is 7.47. The zero-order valence-corrected chi connectivity index (χ0v) is 17.4. The summed E-state index contributed by atoms with van der Waals surface area (Å²) in [6.45, 7) is -0.0380. The van der Waals surface area contributed by atoms with Gasteiger partial charge in [-0.05, 0) is 92.7 Å². The molecule has 0 heterocycles. The SMILES string of the molecule is O=C(CC12CC3CC(CC(C3)C1)C2)NCC(=O)Nc1cccc(C(=O)NC2CC2)c1. The molecule has 0 saturated heterocycles. The van der Waals surface area contributed by atoms with E-state index < -0.39 is 0 Å². The molecule has 6 heteroatoms. The summed E-state index contributed by atoms with van der Waals surface area (Å²) >= 11 is 0. The van der Waals surface area contributed by atoms with E-state index in [0.717, 1.165) is 30.6 Å². The molecule has 160 valence electrons. The summed E-state index contributed by atoms with van der Waals surface area (Å²) in [5.74, 6) is 2.06. The van der Waals surface area contributed by atoms with E-state index in [-0.39, 0.29) is 29.7 Å². The minimum Gasteiger partial charge on any atom is -0.349 e. The van der Waals surface area contributed by atoms with Crippen LogP contribution in [0.4, 0.5) is 5.69 Å². The topological polar surface area (TPSA) is 87.3 Å². The number of carbonyl (C=O) groups is 3. The first-order chi connectivity index (χ1) is 14.5. The summed E-state index contributed by atoms with van der Waals surface area (Å²) in [5.41, 5.74) is 1.28. The number of hydrogen-bond donors (Lipinski definition) is 3. The van der Waals surface area contributed by atoms with Gasteiger partial charge >= 0.3 is 0 Å². The summed E-state index contributed by atoms with van der Waals surface area (Å²) in [6.07, 6.45) is 10.3. The molecule has 0 spiro atoms. The second-order valence-corrected chi connectivity index (χ2v) is 10.2. The maximum absolute atomic E-state index is 12.6. The van der Waals surface area contributed by atoms with Crippen LogP contribution < -0.4 is 16.0 Å². The molecule has 6 rings (SSSR count). The molecule has 0 unspecified atom stereocenters. The van der Waals surface area contributed by atoms with Gasteiger partial charge in [0, 0.05) is 23.7 Å². The highest BCUT2D eigenvalue weighted by molar-refractivity contribution is 5.98. The lowest BCUT2D eigenvalue weighted by Gasteiger charge is -2.56. The van der Waals surface area contributed by atoms with Gasteiger partial charge in [0.15, 0.2) is 0 Å². The van der Waals surface area contributed by atoms with E-state index >= 15 is 0 Å². The van der Waals surface area contributed by atoms with Gasteiger partial charge in [-0.25, -0.2) is 0 Å². The van der Waals surface area contributed by atoms with E-state index in [0.29, 0.717) is 23.7 Å². The van der Waals surface area contributed by atoms with E-state index in [2.05, 4.69) is 16.0 Å². The van der Waals surface area contributed by atoms with Crippen LogP contribution in [0.1, 0.15) is 68.1 Å². The van der Waals surface area contributed by atoms with Crippen molar-refractivity contribution < 1.29 is 14.4 Å². The van der Waals surface area contributed by atoms with E-state index in [1.165, 1.54) is 38.5 Å². The molecule has 1 aromatic rings. The molecular weight excluding hydrogens is 378 g/mol. The lowest BCUT2D eigenvalue weighted by molar-refractivity contribution is -0.131. The Morgan fingerprint density at radius 2 is 1.60 bits per heavy atom. The van der Waals surface area contributed by atoms with Crippen LogP contribution >= 0.6 is 0 Å². The fourth-order valence-electron chi connectivity index (χ4n) is 6.53. The minimum absolute atomic E-state index is 0.00957. The highest BCUT2D eigenvalue weighted by atomic mass is 16.2. The third kappa shape index (κ3) is 4.37. The second-order valence-electron chi connectivity index (χ2n) is 10.2. The lowest BCUT2D eigenvalue weighted by Crippen LogP contribution is -2.48. The lowest BCUT2D eigenvalue weighted by atomic mass is 9.49. The monoisotopic (exact) mass is 409 g/mol. The standard InChI is InChI=1S/C24H31N3O3/c28-21(13-24-10-15-6-16(11-24)8-17(7-15)12-24)25-14-22(29)26-20-3-1-2-18(9-20)23(30)27-19-4-5-19/h1-3,9,15-17,19H,4-8,10-14H2,(H,25,28)(H,26,29)(H,27,30). The van der Waals surface area contributed by atoms with Gasteiger partial charge in [-0.2, -0.15) is 0 Å². The summed E-state index contributed by atoms with van der Waals surface area (Å²) in [5, 5.41) is 8.55. The zero-order chi connectivity index (χ0) is 20.7. The van der Waals surface area contributed by atoms with Crippen LogP contribution in [-0.4, -0.2) is 30.3 Å². The number of nitrogens with one attached hydrogen (secondary N) is 3. The Kier molecular flexibility index (Phi) is 5.03. The molecule has 0 radical (unpaired) electrons. The van der Waals surface area contributed by atoms with Crippen LogP contribution in [0, 0.1) is 23.2 Å². The van der Waals surface area contributed by atoms with Crippen LogP contribution in [0.2, 0.25) is 0 Å². The van der Waals surface area contributed by atoms with Gasteiger partial charge in [0.1, 0.15) is 0 Å². The molecule has 4 bridgehead atoms. The number of hydrogen-bond acceptors (Lipinski definition) is 3. The van der Waals surface area contributed by atoms with Crippen LogP contribution in [-0.2, 0) is 9.59 Å². The van der Waals surface area contributed by atoms with Gasteiger partial charge in [0.2, 0.25) is 11.8 Å². The zero-order valence-electron chi connectivity index (χ0n) is 17.4. The van der Waals surface area contributed by atoms with Gasteiger partial charge < -0.3 is 16.0 Å². The Balaban J connectivity index is 1.10. The number of benzene rings is 1. The molecule has 5 aliphatic rings. The van der Waals surface area contributed by atoms with Gasteiger partial charge in [-0.3, -0.25) is 14.4 Å². The number of carbonyl (C=O) groups excluding carboxylic acids is 3. The Bertz CT molecular complexity index is 826. The summed E-state index contributed by atoms with van der Waals surface area (Å²) in [4.78, 5) is 37.1. The van der Waals surface area contributed by atoms with Crippen LogP contribution in [0.5, 0.6) is 0 Å². The Labute approximate surface area is 177 Å². The first-order valence-electron chi connectivity index (χ1n) is 11.4. The first-order valence-corrected chi connectivity index (χ1v) is 11.4. The average Bonchev–Trinajstić information content (AvgIpc) is 3.49. The fourth-order valence-corrected chi connectivity index (χ4v) is 6.53. The molecule has 5 fully saturated rings. The summed E-state index contributed by atoms with van der Waals surface area (Å²) < 4.78 is 0. The van der Waals surface area contributed by atoms with Crippen molar-refractivity contribution in [1.82, 2.24) is 10.6 Å². The van der Waals surface area contributed by atoms with E-state index in [1.807, 2.05) is 0 Å². The van der Waals surface area contributed by atoms with Crippen LogP contribution in [0.15, 0.2) is 24.3 Å². The van der Waals surface area contributed by atoms with E-state index in [9.17, 15) is 14.4 Å². The van der Waals surface area contributed by atoms with Crippen molar-refractivity contribution in [2.75, 3.05) is 11.9 Å². The maximum Gasteiger partial charge on any atom is 0.251 e. The second kappa shape index (κ2) is 7.71. The molecular formula is C24H31N3O3. The largest absolute Gasteiger partial charge is 0.349 e. The third-order valence-corrected chi connectivity index (χ3v) is 7.47. The molecule has 30 heavy (non-hydrogen) atoms. The highest BCUT2D eigenvalue weighted by Gasteiger charge is 2.51. The van der Waals surface area contributed by atoms with Crippen molar-refractivity contribution in [1.29, 1.82) is 0 Å². The van der Waals surface area contributed by atoms with Crippen molar-refractivity contribution in [2.24, 2.45) is 23.2 Å². The highest BCUT2D eigenvalue weighted by Crippen LogP contribution is 2.61. The van der Waals surface area contributed by atoms with Gasteiger partial charge in [-0.15, -0.1) is 0 Å². The summed E-state index contributed by atoms with van der Waals surface area (Å²) in [6, 6.07) is 7.21. The molecule has 0 aromatic heterocycles. The van der Waals surface area contributed by atoms with Gasteiger partial charge in [-0.1, -0.05) is 6.07 Å². The molecule has 3 amide bonds. The normalized spacial score (nSPS) is 31.3. The Morgan fingerprint density at radius 3 is 2.23 bits per heavy atom. The quantitative estimate of drug-likeness (QED) is 0.646. The molecule has 5 saturated carbocycles. The predicted molar refractivity (Wildman–Crippen MR) is 114 cm³/mol. The molecule has 0 aliphatic heterocycles. The van der Waals surface area contributed by atoms with Gasteiger partial charge in [0.25, 0.3) is 5.91 Å². The van der Waals surface area contributed by atoms with Crippen molar-refractivity contribution >= 4 is 23.4 Å². The molecule has 1 aromatic carbocycles. The Morgan fingerprint density at radius 1 is 0.933 bits per heavy atom. The summed E-state index contributed by atoms with van der Waals surface area (Å²) in [7, 11) is 0. The predicted octanol–water partition coefficient (Wildman–Crippen LogP) is 3.24. The van der Waals surface area contributed by atoms with Crippen molar-refractivity contribution in [2.45, 2.75) is 63.8 Å².